The number of hydrogen-bond donors (Lipinski definition) is 1. The molecule has 1 N–H and O–H groups in total. The van der Waals surface area contributed by atoms with Gasteiger partial charge in [-0.25, -0.2) is 9.78 Å². The fourth-order valence-electron chi connectivity index (χ4n) is 1.68. The lowest BCUT2D eigenvalue weighted by atomic mass is 10.2. The zero-order chi connectivity index (χ0) is 15.9. The minimum atomic E-state index is -0.345. The number of esters is 1. The van der Waals surface area contributed by atoms with Crippen molar-refractivity contribution in [2.75, 3.05) is 18.3 Å². The van der Waals surface area contributed by atoms with Gasteiger partial charge in [0, 0.05) is 4.90 Å². The van der Waals surface area contributed by atoms with Crippen molar-refractivity contribution in [3.05, 3.63) is 40.4 Å². The molecule has 0 bridgehead atoms. The van der Waals surface area contributed by atoms with Crippen LogP contribution < -0.4 is 5.43 Å². The minimum Gasteiger partial charge on any atom is -0.462 e. The van der Waals surface area contributed by atoms with E-state index in [9.17, 15) is 4.79 Å². The number of hydrogen-bond acceptors (Lipinski definition) is 7. The van der Waals surface area contributed by atoms with E-state index in [1.807, 2.05) is 30.5 Å². The summed E-state index contributed by atoms with van der Waals surface area (Å²) < 4.78 is 4.98. The number of aryl methyl sites for hydroxylation is 1. The molecule has 0 spiro atoms. The first-order valence-electron chi connectivity index (χ1n) is 6.71. The van der Waals surface area contributed by atoms with E-state index in [1.165, 1.54) is 16.2 Å². The molecule has 0 atom stereocenters. The molecule has 5 nitrogen and oxygen atoms in total. The van der Waals surface area contributed by atoms with Gasteiger partial charge in [-0.1, -0.05) is 23.5 Å². The topological polar surface area (TPSA) is 63.6 Å². The first-order valence-corrected chi connectivity index (χ1v) is 8.75. The second kappa shape index (κ2) is 7.95. The number of ether oxygens (including phenoxy) is 1. The number of benzene rings is 1. The Hall–Kier alpha value is -1.86. The molecule has 0 unspecified atom stereocenters. The number of anilines is 1. The third-order valence-electron chi connectivity index (χ3n) is 2.75. The van der Waals surface area contributed by atoms with Gasteiger partial charge in [-0.05, 0) is 37.8 Å². The maximum atomic E-state index is 11.7. The van der Waals surface area contributed by atoms with E-state index in [0.717, 1.165) is 5.56 Å². The number of rotatable bonds is 6. The predicted octanol–water partition coefficient (Wildman–Crippen LogP) is 3.80. The lowest BCUT2D eigenvalue weighted by molar-refractivity contribution is 0.0531. The van der Waals surface area contributed by atoms with Gasteiger partial charge >= 0.3 is 5.97 Å². The number of aromatic nitrogens is 1. The number of carbonyl (C=O) groups is 1. The number of hydrazone groups is 1. The van der Waals surface area contributed by atoms with Gasteiger partial charge in [0.2, 0.25) is 5.13 Å². The molecule has 0 fully saturated rings. The summed E-state index contributed by atoms with van der Waals surface area (Å²) >= 11 is 2.93. The van der Waals surface area contributed by atoms with Crippen molar-refractivity contribution in [1.29, 1.82) is 0 Å². The molecule has 116 valence electrons. The molecule has 0 saturated carbocycles. The van der Waals surface area contributed by atoms with E-state index in [2.05, 4.69) is 15.5 Å². The maximum absolute atomic E-state index is 11.7. The molecule has 0 radical (unpaired) electrons. The number of thiazole rings is 1. The van der Waals surface area contributed by atoms with Crippen LogP contribution in [-0.2, 0) is 4.74 Å². The third kappa shape index (κ3) is 4.32. The highest BCUT2D eigenvalue weighted by Crippen LogP contribution is 2.23. The summed E-state index contributed by atoms with van der Waals surface area (Å²) in [4.78, 5) is 17.7. The fourth-order valence-corrected chi connectivity index (χ4v) is 2.90. The number of carbonyl (C=O) groups excluding carboxylic acids is 1. The van der Waals surface area contributed by atoms with Crippen LogP contribution in [0.4, 0.5) is 5.13 Å². The summed E-state index contributed by atoms with van der Waals surface area (Å²) in [5, 5.41) is 4.71. The van der Waals surface area contributed by atoms with Crippen LogP contribution >= 0.6 is 23.1 Å². The van der Waals surface area contributed by atoms with Gasteiger partial charge in [-0.2, -0.15) is 5.10 Å². The van der Waals surface area contributed by atoms with E-state index in [0.29, 0.717) is 22.3 Å². The molecule has 0 aliphatic carbocycles. The highest BCUT2D eigenvalue weighted by atomic mass is 32.2. The van der Waals surface area contributed by atoms with Crippen LogP contribution in [0, 0.1) is 6.92 Å². The van der Waals surface area contributed by atoms with Gasteiger partial charge < -0.3 is 4.74 Å². The quantitative estimate of drug-likeness (QED) is 0.376. The molecule has 0 saturated heterocycles. The Morgan fingerprint density at radius 1 is 1.45 bits per heavy atom. The van der Waals surface area contributed by atoms with E-state index in [4.69, 9.17) is 4.74 Å². The zero-order valence-electron chi connectivity index (χ0n) is 12.6. The minimum absolute atomic E-state index is 0.345. The second-order valence-electron chi connectivity index (χ2n) is 4.30. The van der Waals surface area contributed by atoms with Crippen LogP contribution in [0.15, 0.2) is 34.3 Å². The summed E-state index contributed by atoms with van der Waals surface area (Å²) in [6, 6.07) is 8.07. The second-order valence-corrected chi connectivity index (χ2v) is 6.18. The molecule has 7 heteroatoms. The summed E-state index contributed by atoms with van der Waals surface area (Å²) in [5.74, 6) is -0.345. The maximum Gasteiger partial charge on any atom is 0.350 e. The molecule has 0 amide bonds. The molecule has 0 aliphatic heterocycles. The van der Waals surface area contributed by atoms with E-state index >= 15 is 0 Å². The lowest BCUT2D eigenvalue weighted by Gasteiger charge is -1.97. The van der Waals surface area contributed by atoms with Gasteiger partial charge in [-0.15, -0.1) is 11.8 Å². The normalized spacial score (nSPS) is 10.9. The van der Waals surface area contributed by atoms with Gasteiger partial charge in [0.25, 0.3) is 0 Å². The highest BCUT2D eigenvalue weighted by molar-refractivity contribution is 7.98. The number of nitrogens with one attached hydrogen (secondary N) is 1. The Morgan fingerprint density at radius 2 is 2.18 bits per heavy atom. The van der Waals surface area contributed by atoms with Crippen molar-refractivity contribution >= 4 is 40.4 Å². The third-order valence-corrected chi connectivity index (χ3v) is 4.53. The predicted molar refractivity (Wildman–Crippen MR) is 92.2 cm³/mol. The van der Waals surface area contributed by atoms with Gasteiger partial charge in [0.05, 0.1) is 18.5 Å². The van der Waals surface area contributed by atoms with Gasteiger partial charge in [0.1, 0.15) is 4.88 Å². The van der Waals surface area contributed by atoms with E-state index in [1.54, 1.807) is 31.8 Å². The van der Waals surface area contributed by atoms with Crippen molar-refractivity contribution < 1.29 is 9.53 Å². The fraction of sp³-hybridized carbons (Fsp3) is 0.267. The van der Waals surface area contributed by atoms with Crippen LogP contribution in [-0.4, -0.2) is 30.0 Å². The number of nitrogens with zero attached hydrogens (tertiary/aromatic N) is 2. The lowest BCUT2D eigenvalue weighted by Crippen LogP contribution is -2.03. The van der Waals surface area contributed by atoms with Crippen molar-refractivity contribution in [3.63, 3.8) is 0 Å². The van der Waals surface area contributed by atoms with Gasteiger partial charge in [0.15, 0.2) is 0 Å². The molecule has 1 aromatic heterocycles. The molecular formula is C15H17N3O2S2. The van der Waals surface area contributed by atoms with Crippen LogP contribution in [0.3, 0.4) is 0 Å². The molecule has 1 aromatic carbocycles. The van der Waals surface area contributed by atoms with Crippen LogP contribution in [0.1, 0.15) is 27.9 Å². The van der Waals surface area contributed by atoms with E-state index < -0.39 is 0 Å². The standard InChI is InChI=1S/C15H17N3O2S2/c1-4-20-14(19)13-10(2)17-15(22-13)18-16-9-11-5-7-12(21-3)8-6-11/h5-9H,4H2,1-3H3,(H,17,18)/b16-9+. The largest absolute Gasteiger partial charge is 0.462 e. The average Bonchev–Trinajstić information content (AvgIpc) is 2.89. The highest BCUT2D eigenvalue weighted by Gasteiger charge is 2.15. The Kier molecular flexibility index (Phi) is 5.97. The summed E-state index contributed by atoms with van der Waals surface area (Å²) in [5.41, 5.74) is 4.48. The SMILES string of the molecule is CCOC(=O)c1sc(N/N=C/c2ccc(SC)cc2)nc1C. The Morgan fingerprint density at radius 3 is 2.82 bits per heavy atom. The smallest absolute Gasteiger partial charge is 0.350 e. The molecule has 2 rings (SSSR count). The van der Waals surface area contributed by atoms with Crippen LogP contribution in [0.2, 0.25) is 0 Å². The van der Waals surface area contributed by atoms with Crippen molar-refractivity contribution in [2.45, 2.75) is 18.7 Å². The van der Waals surface area contributed by atoms with Crippen molar-refractivity contribution in [1.82, 2.24) is 4.98 Å². The van der Waals surface area contributed by atoms with Crippen molar-refractivity contribution in [3.8, 4) is 0 Å². The summed E-state index contributed by atoms with van der Waals surface area (Å²) in [6.45, 7) is 3.90. The van der Waals surface area contributed by atoms with Crippen LogP contribution in [0.5, 0.6) is 0 Å². The average molecular weight is 335 g/mol. The van der Waals surface area contributed by atoms with Crippen LogP contribution in [0.25, 0.3) is 0 Å². The molecule has 0 aliphatic rings. The zero-order valence-corrected chi connectivity index (χ0v) is 14.3. The Bertz CT molecular complexity index is 666. The molecule has 2 aromatic rings. The first-order chi connectivity index (χ1) is 10.6. The molecule has 1 heterocycles. The Labute approximate surface area is 137 Å². The monoisotopic (exact) mass is 335 g/mol. The molecular weight excluding hydrogens is 318 g/mol. The van der Waals surface area contributed by atoms with E-state index in [-0.39, 0.29) is 5.97 Å². The van der Waals surface area contributed by atoms with Crippen molar-refractivity contribution in [2.24, 2.45) is 5.10 Å². The number of thioether (sulfide) groups is 1. The summed E-state index contributed by atoms with van der Waals surface area (Å²) in [7, 11) is 0. The Balaban J connectivity index is 2.00. The molecule has 22 heavy (non-hydrogen) atoms. The summed E-state index contributed by atoms with van der Waals surface area (Å²) in [6.07, 6.45) is 3.75. The first kappa shape index (κ1) is 16.5. The van der Waals surface area contributed by atoms with Gasteiger partial charge in [-0.3, -0.25) is 5.43 Å².